The van der Waals surface area contributed by atoms with Gasteiger partial charge in [0.05, 0.1) is 6.61 Å². The van der Waals surface area contributed by atoms with Crippen LogP contribution in [0.1, 0.15) is 26.7 Å². The topological polar surface area (TPSA) is 58.6 Å². The summed E-state index contributed by atoms with van der Waals surface area (Å²) in [6.45, 7) is 7.90. The molecule has 1 rings (SSSR count). The van der Waals surface area contributed by atoms with Crippen molar-refractivity contribution in [3.8, 4) is 0 Å². The lowest BCUT2D eigenvalue weighted by Gasteiger charge is -2.30. The van der Waals surface area contributed by atoms with Crippen LogP contribution in [0.25, 0.3) is 0 Å². The van der Waals surface area contributed by atoms with E-state index in [0.29, 0.717) is 12.5 Å². The lowest BCUT2D eigenvalue weighted by molar-refractivity contribution is -0.154. The highest BCUT2D eigenvalue weighted by atomic mass is 16.5. The van der Waals surface area contributed by atoms with Gasteiger partial charge in [0.25, 0.3) is 0 Å². The van der Waals surface area contributed by atoms with E-state index < -0.39 is 11.9 Å². The first-order valence-electron chi connectivity index (χ1n) is 6.34. The maximum atomic E-state index is 11.3. The largest absolute Gasteiger partial charge is 0.459 e. The van der Waals surface area contributed by atoms with Gasteiger partial charge in [-0.25, -0.2) is 4.79 Å². The van der Waals surface area contributed by atoms with Crippen molar-refractivity contribution in [1.29, 1.82) is 0 Å². The van der Waals surface area contributed by atoms with Crippen molar-refractivity contribution in [2.24, 2.45) is 5.92 Å². The summed E-state index contributed by atoms with van der Waals surface area (Å²) >= 11 is 0. The van der Waals surface area contributed by atoms with Crippen LogP contribution in [0.2, 0.25) is 0 Å². The van der Waals surface area contributed by atoms with Crippen molar-refractivity contribution < 1.29 is 14.3 Å². The number of piperidine rings is 1. The molecule has 1 N–H and O–H groups in total. The average molecular weight is 242 g/mol. The van der Waals surface area contributed by atoms with Crippen molar-refractivity contribution in [2.75, 3.05) is 32.8 Å². The number of nitrogens with one attached hydrogen (secondary N) is 1. The highest BCUT2D eigenvalue weighted by Crippen LogP contribution is 2.15. The Morgan fingerprint density at radius 2 is 1.94 bits per heavy atom. The molecular formula is C12H22N2O3. The Balaban J connectivity index is 2.19. The van der Waals surface area contributed by atoms with Crippen LogP contribution >= 0.6 is 0 Å². The summed E-state index contributed by atoms with van der Waals surface area (Å²) in [6, 6.07) is 0. The highest BCUT2D eigenvalue weighted by Gasteiger charge is 2.20. The first-order valence-corrected chi connectivity index (χ1v) is 6.34. The number of hydrogen-bond acceptors (Lipinski definition) is 4. The third kappa shape index (κ3) is 4.73. The molecule has 1 fully saturated rings. The molecule has 98 valence electrons. The van der Waals surface area contributed by atoms with Gasteiger partial charge in [-0.15, -0.1) is 0 Å². The van der Waals surface area contributed by atoms with Crippen molar-refractivity contribution >= 4 is 11.9 Å². The Bertz CT molecular complexity index is 260. The van der Waals surface area contributed by atoms with Gasteiger partial charge in [0, 0.05) is 6.54 Å². The van der Waals surface area contributed by atoms with Crippen LogP contribution in [-0.4, -0.2) is 49.6 Å². The molecular weight excluding hydrogens is 220 g/mol. The molecule has 0 bridgehead atoms. The van der Waals surface area contributed by atoms with E-state index in [1.54, 1.807) is 6.92 Å². The zero-order valence-electron chi connectivity index (χ0n) is 10.7. The van der Waals surface area contributed by atoms with E-state index in [-0.39, 0.29) is 6.61 Å². The number of amides is 1. The summed E-state index contributed by atoms with van der Waals surface area (Å²) in [6.07, 6.45) is 2.16. The standard InChI is InChI=1S/C12H22N2O3/c1-3-14-7-5-10(6-8-14)9-13-11(15)12(16)17-4-2/h10H,3-9H2,1-2H3,(H,13,15). The molecule has 1 saturated heterocycles. The molecule has 0 aromatic rings. The van der Waals surface area contributed by atoms with Crippen LogP contribution in [0.15, 0.2) is 0 Å². The maximum Gasteiger partial charge on any atom is 0.396 e. The summed E-state index contributed by atoms with van der Waals surface area (Å²) in [5, 5.41) is 2.64. The molecule has 17 heavy (non-hydrogen) atoms. The van der Waals surface area contributed by atoms with Crippen LogP contribution in [0.3, 0.4) is 0 Å². The smallest absolute Gasteiger partial charge is 0.396 e. The third-order valence-electron chi connectivity index (χ3n) is 3.17. The second kappa shape index (κ2) is 7.27. The lowest BCUT2D eigenvalue weighted by atomic mass is 9.97. The third-order valence-corrected chi connectivity index (χ3v) is 3.17. The predicted molar refractivity (Wildman–Crippen MR) is 64.5 cm³/mol. The van der Waals surface area contributed by atoms with Gasteiger partial charge in [-0.3, -0.25) is 4.79 Å². The second-order valence-electron chi connectivity index (χ2n) is 4.31. The molecule has 0 aromatic heterocycles. The molecule has 0 saturated carbocycles. The number of carbonyl (C=O) groups is 2. The molecule has 1 aliphatic rings. The molecule has 0 atom stereocenters. The van der Waals surface area contributed by atoms with Gasteiger partial charge in [-0.1, -0.05) is 6.92 Å². The highest BCUT2D eigenvalue weighted by molar-refractivity contribution is 6.32. The van der Waals surface area contributed by atoms with E-state index >= 15 is 0 Å². The van der Waals surface area contributed by atoms with Crippen molar-refractivity contribution in [1.82, 2.24) is 10.2 Å². The predicted octanol–water partition coefficient (Wildman–Crippen LogP) is 0.398. The van der Waals surface area contributed by atoms with Crippen LogP contribution in [0, 0.1) is 5.92 Å². The number of nitrogens with zero attached hydrogens (tertiary/aromatic N) is 1. The fourth-order valence-electron chi connectivity index (χ4n) is 2.01. The summed E-state index contributed by atoms with van der Waals surface area (Å²) in [5.41, 5.74) is 0. The van der Waals surface area contributed by atoms with Crippen LogP contribution in [0.5, 0.6) is 0 Å². The Hall–Kier alpha value is -1.10. The van der Waals surface area contributed by atoms with Gasteiger partial charge in [-0.2, -0.15) is 0 Å². The molecule has 5 heteroatoms. The van der Waals surface area contributed by atoms with Gasteiger partial charge in [0.1, 0.15) is 0 Å². The van der Waals surface area contributed by atoms with Gasteiger partial charge in [-0.05, 0) is 45.3 Å². The summed E-state index contributed by atoms with van der Waals surface area (Å²) < 4.78 is 4.62. The molecule has 1 heterocycles. The maximum absolute atomic E-state index is 11.3. The average Bonchev–Trinajstić information content (AvgIpc) is 2.36. The fraction of sp³-hybridized carbons (Fsp3) is 0.833. The number of hydrogen-bond donors (Lipinski definition) is 1. The first-order chi connectivity index (χ1) is 8.17. The van der Waals surface area contributed by atoms with Crippen LogP contribution in [-0.2, 0) is 14.3 Å². The molecule has 1 aliphatic heterocycles. The SMILES string of the molecule is CCOC(=O)C(=O)NCC1CCN(CC)CC1. The van der Waals surface area contributed by atoms with E-state index in [1.807, 2.05) is 0 Å². The zero-order valence-corrected chi connectivity index (χ0v) is 10.7. The number of likely N-dealkylation sites (tertiary alicyclic amines) is 1. The van der Waals surface area contributed by atoms with E-state index in [4.69, 9.17) is 0 Å². The normalized spacial score (nSPS) is 17.8. The molecule has 1 amide bonds. The van der Waals surface area contributed by atoms with Crippen molar-refractivity contribution in [2.45, 2.75) is 26.7 Å². The monoisotopic (exact) mass is 242 g/mol. The first kappa shape index (κ1) is 14.0. The molecule has 0 aromatic carbocycles. The Morgan fingerprint density at radius 1 is 1.29 bits per heavy atom. The van der Waals surface area contributed by atoms with Crippen LogP contribution < -0.4 is 5.32 Å². The molecule has 0 unspecified atom stereocenters. The van der Waals surface area contributed by atoms with Crippen molar-refractivity contribution in [3.05, 3.63) is 0 Å². The van der Waals surface area contributed by atoms with Crippen LogP contribution in [0.4, 0.5) is 0 Å². The van der Waals surface area contributed by atoms with Gasteiger partial charge in [0.15, 0.2) is 0 Å². The second-order valence-corrected chi connectivity index (χ2v) is 4.31. The summed E-state index contributed by atoms with van der Waals surface area (Å²) in [5.74, 6) is -0.917. The van der Waals surface area contributed by atoms with E-state index in [2.05, 4.69) is 21.9 Å². The lowest BCUT2D eigenvalue weighted by Crippen LogP contribution is -2.40. The van der Waals surface area contributed by atoms with Crippen molar-refractivity contribution in [3.63, 3.8) is 0 Å². The molecule has 0 radical (unpaired) electrons. The van der Waals surface area contributed by atoms with Gasteiger partial charge >= 0.3 is 11.9 Å². The number of ether oxygens (including phenoxy) is 1. The van der Waals surface area contributed by atoms with E-state index in [9.17, 15) is 9.59 Å². The molecule has 0 aliphatic carbocycles. The van der Waals surface area contributed by atoms with E-state index in [0.717, 1.165) is 32.5 Å². The van der Waals surface area contributed by atoms with E-state index in [1.165, 1.54) is 0 Å². The summed E-state index contributed by atoms with van der Waals surface area (Å²) in [4.78, 5) is 24.8. The van der Waals surface area contributed by atoms with Gasteiger partial charge < -0.3 is 15.0 Å². The minimum absolute atomic E-state index is 0.237. The number of rotatable bonds is 4. The Labute approximate surface area is 102 Å². The summed E-state index contributed by atoms with van der Waals surface area (Å²) in [7, 11) is 0. The minimum Gasteiger partial charge on any atom is -0.459 e. The Morgan fingerprint density at radius 3 is 2.47 bits per heavy atom. The molecule has 5 nitrogen and oxygen atoms in total. The quantitative estimate of drug-likeness (QED) is 0.572. The molecule has 0 spiro atoms. The zero-order chi connectivity index (χ0) is 12.7. The Kier molecular flexibility index (Phi) is 5.97. The fourth-order valence-corrected chi connectivity index (χ4v) is 2.01. The van der Waals surface area contributed by atoms with Gasteiger partial charge in [0.2, 0.25) is 0 Å². The number of carbonyl (C=O) groups excluding carboxylic acids is 2. The number of esters is 1. The minimum atomic E-state index is -0.779.